The van der Waals surface area contributed by atoms with E-state index in [1.54, 1.807) is 4.90 Å². The van der Waals surface area contributed by atoms with Gasteiger partial charge in [0, 0.05) is 32.4 Å². The van der Waals surface area contributed by atoms with Crippen LogP contribution in [0.3, 0.4) is 0 Å². The lowest BCUT2D eigenvalue weighted by atomic mass is 10.1. The topological polar surface area (TPSA) is 54.0 Å². The zero-order valence-electron chi connectivity index (χ0n) is 16.7. The van der Waals surface area contributed by atoms with Gasteiger partial charge in [0.1, 0.15) is 12.4 Å². The van der Waals surface area contributed by atoms with Gasteiger partial charge in [-0.2, -0.15) is 0 Å². The van der Waals surface area contributed by atoms with Gasteiger partial charge in [0.25, 0.3) is 0 Å². The quantitative estimate of drug-likeness (QED) is 0.747. The Labute approximate surface area is 167 Å². The predicted molar refractivity (Wildman–Crippen MR) is 111 cm³/mol. The second-order valence-electron chi connectivity index (χ2n) is 6.98. The van der Waals surface area contributed by atoms with Gasteiger partial charge in [-0.05, 0) is 36.2 Å². The molecule has 1 heterocycles. The number of anilines is 1. The number of hydrogen-bond donors (Lipinski definition) is 1. The van der Waals surface area contributed by atoms with Crippen LogP contribution in [0.1, 0.15) is 11.1 Å². The van der Waals surface area contributed by atoms with Crippen LogP contribution in [-0.2, 0) is 11.3 Å². The lowest BCUT2D eigenvalue weighted by Crippen LogP contribution is -2.40. The van der Waals surface area contributed by atoms with E-state index >= 15 is 0 Å². The number of carbonyl (C=O) groups is 1. The van der Waals surface area contributed by atoms with Gasteiger partial charge in [-0.3, -0.25) is 0 Å². The van der Waals surface area contributed by atoms with Gasteiger partial charge in [0.2, 0.25) is 0 Å². The van der Waals surface area contributed by atoms with Crippen molar-refractivity contribution in [2.45, 2.75) is 13.5 Å². The number of aryl methyl sites for hydroxylation is 1. The molecule has 0 spiro atoms. The van der Waals surface area contributed by atoms with Crippen molar-refractivity contribution in [3.63, 3.8) is 0 Å². The maximum atomic E-state index is 12.4. The van der Waals surface area contributed by atoms with Crippen molar-refractivity contribution in [1.29, 1.82) is 0 Å². The Morgan fingerprint density at radius 3 is 2.75 bits per heavy atom. The van der Waals surface area contributed by atoms with Crippen LogP contribution in [0.2, 0.25) is 0 Å². The van der Waals surface area contributed by atoms with Crippen LogP contribution >= 0.6 is 0 Å². The van der Waals surface area contributed by atoms with Crippen LogP contribution in [0, 0.1) is 6.92 Å². The van der Waals surface area contributed by atoms with E-state index in [4.69, 9.17) is 9.47 Å². The molecule has 28 heavy (non-hydrogen) atoms. The minimum absolute atomic E-state index is 0.107. The fraction of sp³-hybridized carbons (Fsp3) is 0.409. The van der Waals surface area contributed by atoms with Gasteiger partial charge in [0.15, 0.2) is 0 Å². The Hall–Kier alpha value is -2.73. The van der Waals surface area contributed by atoms with Crippen molar-refractivity contribution >= 4 is 11.7 Å². The normalized spacial score (nSPS) is 13.9. The van der Waals surface area contributed by atoms with E-state index in [0.29, 0.717) is 19.7 Å². The van der Waals surface area contributed by atoms with Crippen molar-refractivity contribution in [3.8, 4) is 5.75 Å². The molecule has 0 saturated carbocycles. The van der Waals surface area contributed by atoms with Crippen LogP contribution < -0.4 is 15.0 Å². The van der Waals surface area contributed by atoms with Crippen LogP contribution in [0.4, 0.5) is 10.5 Å². The van der Waals surface area contributed by atoms with Gasteiger partial charge in [0.05, 0.1) is 19.8 Å². The van der Waals surface area contributed by atoms with Gasteiger partial charge in [-0.1, -0.05) is 30.3 Å². The summed E-state index contributed by atoms with van der Waals surface area (Å²) < 4.78 is 11.1. The number of benzene rings is 2. The molecule has 0 atom stereocenters. The maximum Gasteiger partial charge on any atom is 0.317 e. The lowest BCUT2D eigenvalue weighted by Gasteiger charge is -2.31. The molecule has 2 aromatic carbocycles. The zero-order chi connectivity index (χ0) is 19.8. The first kappa shape index (κ1) is 20.0. The first-order chi connectivity index (χ1) is 13.6. The molecular weight excluding hydrogens is 354 g/mol. The molecule has 0 radical (unpaired) electrons. The highest BCUT2D eigenvalue weighted by Crippen LogP contribution is 2.22. The van der Waals surface area contributed by atoms with E-state index in [1.807, 2.05) is 50.4 Å². The molecule has 0 bridgehead atoms. The Morgan fingerprint density at radius 1 is 1.18 bits per heavy atom. The third kappa shape index (κ3) is 5.63. The number of morpholine rings is 1. The number of hydrogen-bond acceptors (Lipinski definition) is 4. The molecule has 2 amide bonds. The SMILES string of the molecule is Cc1cccc(OCCNC(=O)N(C)Cc2ccccc2N2CCOCC2)c1. The standard InChI is InChI=1S/C22H29N3O3/c1-18-6-5-8-20(16-18)28-13-10-23-22(26)24(2)17-19-7-3-4-9-21(19)25-11-14-27-15-12-25/h3-9,16H,10-15,17H2,1-2H3,(H,23,26). The molecule has 1 aliphatic rings. The molecule has 3 rings (SSSR count). The monoisotopic (exact) mass is 383 g/mol. The first-order valence-corrected chi connectivity index (χ1v) is 9.72. The molecule has 2 aromatic rings. The zero-order valence-corrected chi connectivity index (χ0v) is 16.7. The lowest BCUT2D eigenvalue weighted by molar-refractivity contribution is 0.122. The molecule has 6 heteroatoms. The van der Waals surface area contributed by atoms with Gasteiger partial charge in [-0.15, -0.1) is 0 Å². The summed E-state index contributed by atoms with van der Waals surface area (Å²) in [5, 5.41) is 2.91. The number of nitrogens with one attached hydrogen (secondary N) is 1. The fourth-order valence-corrected chi connectivity index (χ4v) is 3.25. The number of carbonyl (C=O) groups excluding carboxylic acids is 1. The third-order valence-electron chi connectivity index (χ3n) is 4.73. The van der Waals surface area contributed by atoms with Crippen molar-refractivity contribution in [1.82, 2.24) is 10.2 Å². The smallest absolute Gasteiger partial charge is 0.317 e. The minimum Gasteiger partial charge on any atom is -0.492 e. The summed E-state index contributed by atoms with van der Waals surface area (Å²) in [6.45, 7) is 6.72. The van der Waals surface area contributed by atoms with Crippen LogP contribution in [-0.4, -0.2) is 57.4 Å². The Kier molecular flexibility index (Phi) is 7.14. The van der Waals surface area contributed by atoms with Crippen LogP contribution in [0.5, 0.6) is 5.75 Å². The largest absolute Gasteiger partial charge is 0.492 e. The minimum atomic E-state index is -0.107. The molecule has 1 N–H and O–H groups in total. The highest BCUT2D eigenvalue weighted by atomic mass is 16.5. The van der Waals surface area contributed by atoms with Gasteiger partial charge in [-0.25, -0.2) is 4.79 Å². The molecule has 1 aliphatic heterocycles. The maximum absolute atomic E-state index is 12.4. The Bertz CT molecular complexity index is 775. The first-order valence-electron chi connectivity index (χ1n) is 9.72. The van der Waals surface area contributed by atoms with Gasteiger partial charge < -0.3 is 24.6 Å². The summed E-state index contributed by atoms with van der Waals surface area (Å²) in [5.74, 6) is 0.821. The molecule has 0 aliphatic carbocycles. The molecule has 150 valence electrons. The second-order valence-corrected chi connectivity index (χ2v) is 6.98. The average Bonchev–Trinajstić information content (AvgIpc) is 2.72. The number of rotatable bonds is 7. The number of para-hydroxylation sites is 1. The fourth-order valence-electron chi connectivity index (χ4n) is 3.25. The van der Waals surface area contributed by atoms with Crippen LogP contribution in [0.25, 0.3) is 0 Å². The van der Waals surface area contributed by atoms with Crippen molar-refractivity contribution in [2.75, 3.05) is 51.4 Å². The van der Waals surface area contributed by atoms with E-state index in [-0.39, 0.29) is 6.03 Å². The van der Waals surface area contributed by atoms with E-state index < -0.39 is 0 Å². The van der Waals surface area contributed by atoms with E-state index in [9.17, 15) is 4.79 Å². The molecular formula is C22H29N3O3. The predicted octanol–water partition coefficient (Wildman–Crippen LogP) is 3.05. The summed E-state index contributed by atoms with van der Waals surface area (Å²) in [7, 11) is 1.81. The molecule has 0 aromatic heterocycles. The highest BCUT2D eigenvalue weighted by molar-refractivity contribution is 5.74. The Morgan fingerprint density at radius 2 is 1.96 bits per heavy atom. The second kappa shape index (κ2) is 9.99. The Balaban J connectivity index is 1.47. The van der Waals surface area contributed by atoms with E-state index in [1.165, 1.54) is 5.69 Å². The highest BCUT2D eigenvalue weighted by Gasteiger charge is 2.16. The molecule has 6 nitrogen and oxygen atoms in total. The van der Waals surface area contributed by atoms with E-state index in [2.05, 4.69) is 22.3 Å². The summed E-state index contributed by atoms with van der Waals surface area (Å²) in [4.78, 5) is 16.4. The third-order valence-corrected chi connectivity index (χ3v) is 4.73. The van der Waals surface area contributed by atoms with Crippen molar-refractivity contribution in [3.05, 3.63) is 59.7 Å². The number of amides is 2. The van der Waals surface area contributed by atoms with Crippen molar-refractivity contribution < 1.29 is 14.3 Å². The van der Waals surface area contributed by atoms with E-state index in [0.717, 1.165) is 43.2 Å². The van der Waals surface area contributed by atoms with Crippen molar-refractivity contribution in [2.24, 2.45) is 0 Å². The summed E-state index contributed by atoms with van der Waals surface area (Å²) >= 11 is 0. The molecule has 1 saturated heterocycles. The van der Waals surface area contributed by atoms with Gasteiger partial charge >= 0.3 is 6.03 Å². The number of nitrogens with zero attached hydrogens (tertiary/aromatic N) is 2. The average molecular weight is 383 g/mol. The summed E-state index contributed by atoms with van der Waals surface area (Å²) in [6.07, 6.45) is 0. The van der Waals surface area contributed by atoms with Crippen LogP contribution in [0.15, 0.2) is 48.5 Å². The summed E-state index contributed by atoms with van der Waals surface area (Å²) in [6, 6.07) is 16.0. The molecule has 0 unspecified atom stereocenters. The molecule has 1 fully saturated rings. The summed E-state index contributed by atoms with van der Waals surface area (Å²) in [5.41, 5.74) is 3.46. The number of ether oxygens (including phenoxy) is 2. The number of urea groups is 1.